The Hall–Kier alpha value is -2.76. The number of benzene rings is 1. The topological polar surface area (TPSA) is 119 Å². The normalized spacial score (nSPS) is 20.9. The number of aromatic amines is 1. The predicted molar refractivity (Wildman–Crippen MR) is 135 cm³/mol. The summed E-state index contributed by atoms with van der Waals surface area (Å²) in [5, 5.41) is 4.47. The fraction of sp³-hybridized carbons (Fsp3) is 0.560. The Labute approximate surface area is 210 Å². The third-order valence-corrected chi connectivity index (χ3v) is 9.23. The summed E-state index contributed by atoms with van der Waals surface area (Å²) in [6.07, 6.45) is 3.84. The third-order valence-electron chi connectivity index (χ3n) is 7.40. The molecule has 2 fully saturated rings. The van der Waals surface area contributed by atoms with Crippen molar-refractivity contribution in [2.24, 2.45) is 18.9 Å². The summed E-state index contributed by atoms with van der Waals surface area (Å²) >= 11 is 0. The number of nitrogens with one attached hydrogen (secondary N) is 1. The molecule has 0 bridgehead atoms. The molecule has 36 heavy (non-hydrogen) atoms. The average Bonchev–Trinajstić information content (AvgIpc) is 3.10. The van der Waals surface area contributed by atoms with Crippen molar-refractivity contribution in [3.8, 4) is 17.1 Å². The Kier molecular flexibility index (Phi) is 6.65. The van der Waals surface area contributed by atoms with Crippen molar-refractivity contribution in [3.05, 3.63) is 34.2 Å². The number of ether oxygens (including phenoxy) is 2. The minimum Gasteiger partial charge on any atom is -0.493 e. The van der Waals surface area contributed by atoms with Gasteiger partial charge < -0.3 is 14.5 Å². The highest BCUT2D eigenvalue weighted by molar-refractivity contribution is 7.89. The molecule has 2 aromatic heterocycles. The first-order valence-corrected chi connectivity index (χ1v) is 14.0. The largest absolute Gasteiger partial charge is 0.493 e. The Morgan fingerprint density at radius 3 is 2.58 bits per heavy atom. The maximum Gasteiger partial charge on any atom is 0.277 e. The van der Waals surface area contributed by atoms with Crippen LogP contribution < -0.4 is 10.3 Å². The van der Waals surface area contributed by atoms with E-state index in [2.05, 4.69) is 10.1 Å². The standard InChI is InChI=1S/C25H33N5O5S/c1-5-7-20-22-23(29(3)28-20)25(31)27-24(26-22)19-12-18(8-9-21(19)35-6-2)36(32,33)30-13-16(14-30)15-10-17(11-15)34-4/h8-9,12,15-17H,5-7,10-11,13-14H2,1-4H3,(H,26,27,31). The number of aromatic nitrogens is 4. The van der Waals surface area contributed by atoms with E-state index >= 15 is 0 Å². The molecule has 1 saturated heterocycles. The monoisotopic (exact) mass is 515 g/mol. The fourth-order valence-electron chi connectivity index (χ4n) is 5.21. The molecule has 5 rings (SSSR count). The lowest BCUT2D eigenvalue weighted by Crippen LogP contribution is -2.55. The molecule has 1 aromatic carbocycles. The van der Waals surface area contributed by atoms with Crippen LogP contribution in [0.15, 0.2) is 27.9 Å². The van der Waals surface area contributed by atoms with Crippen molar-refractivity contribution in [2.45, 2.75) is 50.5 Å². The smallest absolute Gasteiger partial charge is 0.277 e. The molecular weight excluding hydrogens is 482 g/mol. The van der Waals surface area contributed by atoms with Crippen molar-refractivity contribution in [1.82, 2.24) is 24.1 Å². The van der Waals surface area contributed by atoms with Gasteiger partial charge in [-0.1, -0.05) is 13.3 Å². The fourth-order valence-corrected chi connectivity index (χ4v) is 6.79. The van der Waals surface area contributed by atoms with E-state index in [9.17, 15) is 13.2 Å². The molecule has 1 aliphatic heterocycles. The molecule has 1 aliphatic carbocycles. The molecule has 2 aliphatic rings. The van der Waals surface area contributed by atoms with Crippen molar-refractivity contribution < 1.29 is 17.9 Å². The molecule has 194 valence electrons. The van der Waals surface area contributed by atoms with Gasteiger partial charge in [-0.15, -0.1) is 0 Å². The summed E-state index contributed by atoms with van der Waals surface area (Å²) in [7, 11) is -0.248. The van der Waals surface area contributed by atoms with Crippen molar-refractivity contribution in [2.75, 3.05) is 26.8 Å². The highest BCUT2D eigenvalue weighted by Gasteiger charge is 2.45. The van der Waals surface area contributed by atoms with Crippen LogP contribution in [0.3, 0.4) is 0 Å². The molecule has 0 unspecified atom stereocenters. The second-order valence-electron chi connectivity index (χ2n) is 9.69. The minimum absolute atomic E-state index is 0.158. The number of fused-ring (bicyclic) bond motifs is 1. The lowest BCUT2D eigenvalue weighted by atomic mass is 9.71. The Morgan fingerprint density at radius 1 is 1.17 bits per heavy atom. The van der Waals surface area contributed by atoms with Gasteiger partial charge in [0.2, 0.25) is 10.0 Å². The van der Waals surface area contributed by atoms with Crippen LogP contribution in [-0.2, 0) is 28.2 Å². The van der Waals surface area contributed by atoms with E-state index in [4.69, 9.17) is 14.5 Å². The Bertz CT molecular complexity index is 1440. The van der Waals surface area contributed by atoms with Crippen LogP contribution in [-0.4, -0.2) is 65.4 Å². The maximum atomic E-state index is 13.4. The number of hydrogen-bond donors (Lipinski definition) is 1. The number of hydrogen-bond acceptors (Lipinski definition) is 7. The Morgan fingerprint density at radius 2 is 1.92 bits per heavy atom. The van der Waals surface area contributed by atoms with Crippen LogP contribution in [0.4, 0.5) is 0 Å². The minimum atomic E-state index is -3.69. The molecular formula is C25H33N5O5S. The number of H-pyrrole nitrogens is 1. The first-order chi connectivity index (χ1) is 17.3. The molecule has 1 N–H and O–H groups in total. The quantitative estimate of drug-likeness (QED) is 0.465. The lowest BCUT2D eigenvalue weighted by Gasteiger charge is -2.48. The van der Waals surface area contributed by atoms with Gasteiger partial charge in [-0.2, -0.15) is 9.40 Å². The first kappa shape index (κ1) is 24.9. The van der Waals surface area contributed by atoms with Crippen LogP contribution in [0.5, 0.6) is 5.75 Å². The number of rotatable bonds is 9. The summed E-state index contributed by atoms with van der Waals surface area (Å²) < 4.78 is 41.1. The first-order valence-electron chi connectivity index (χ1n) is 12.5. The molecule has 0 spiro atoms. The van der Waals surface area contributed by atoms with Crippen LogP contribution in [0.25, 0.3) is 22.4 Å². The number of sulfonamides is 1. The third kappa shape index (κ3) is 4.22. The van der Waals surface area contributed by atoms with Crippen LogP contribution in [0, 0.1) is 11.8 Å². The lowest BCUT2D eigenvalue weighted by molar-refractivity contribution is -0.0425. The number of methoxy groups -OCH3 is 1. The van der Waals surface area contributed by atoms with Crippen LogP contribution in [0.1, 0.15) is 38.8 Å². The predicted octanol–water partition coefficient (Wildman–Crippen LogP) is 2.72. The zero-order valence-electron chi connectivity index (χ0n) is 21.2. The highest BCUT2D eigenvalue weighted by Crippen LogP contribution is 2.42. The summed E-state index contributed by atoms with van der Waals surface area (Å²) in [5.74, 6) is 1.62. The second-order valence-corrected chi connectivity index (χ2v) is 11.6. The molecule has 0 radical (unpaired) electrons. The SMILES string of the molecule is CCCc1nn(C)c2c(=O)[nH]c(-c3cc(S(=O)(=O)N4CC(C5CC(OC)C5)C4)ccc3OCC)nc12. The van der Waals surface area contributed by atoms with E-state index in [-0.39, 0.29) is 16.3 Å². The molecule has 3 heterocycles. The summed E-state index contributed by atoms with van der Waals surface area (Å²) in [6, 6.07) is 4.75. The van der Waals surface area contributed by atoms with Crippen molar-refractivity contribution >= 4 is 21.1 Å². The molecule has 10 nitrogen and oxygen atoms in total. The molecule has 0 amide bonds. The molecule has 0 atom stereocenters. The van der Waals surface area contributed by atoms with E-state index in [0.717, 1.165) is 25.0 Å². The van der Waals surface area contributed by atoms with Crippen LogP contribution >= 0.6 is 0 Å². The van der Waals surface area contributed by atoms with Gasteiger partial charge in [0.05, 0.1) is 28.9 Å². The zero-order valence-corrected chi connectivity index (χ0v) is 22.0. The van der Waals surface area contributed by atoms with Gasteiger partial charge in [-0.25, -0.2) is 13.4 Å². The molecule has 11 heteroatoms. The van der Waals surface area contributed by atoms with Gasteiger partial charge >= 0.3 is 0 Å². The van der Waals surface area contributed by atoms with Crippen LogP contribution in [0.2, 0.25) is 0 Å². The molecule has 3 aromatic rings. The highest BCUT2D eigenvalue weighted by atomic mass is 32.2. The Balaban J connectivity index is 1.49. The molecule has 1 saturated carbocycles. The van der Waals surface area contributed by atoms with E-state index in [1.165, 1.54) is 8.99 Å². The van der Waals surface area contributed by atoms with Gasteiger partial charge in [0, 0.05) is 27.2 Å². The van der Waals surface area contributed by atoms with E-state index in [1.54, 1.807) is 32.4 Å². The average molecular weight is 516 g/mol. The van der Waals surface area contributed by atoms with E-state index < -0.39 is 10.0 Å². The van der Waals surface area contributed by atoms with Crippen molar-refractivity contribution in [3.63, 3.8) is 0 Å². The number of aryl methyl sites for hydroxylation is 2. The van der Waals surface area contributed by atoms with Gasteiger partial charge in [0.25, 0.3) is 5.56 Å². The van der Waals surface area contributed by atoms with E-state index in [0.29, 0.717) is 66.4 Å². The summed E-state index contributed by atoms with van der Waals surface area (Å²) in [5.41, 5.74) is 1.75. The summed E-state index contributed by atoms with van der Waals surface area (Å²) in [6.45, 7) is 5.31. The second kappa shape index (κ2) is 9.60. The van der Waals surface area contributed by atoms with Crippen molar-refractivity contribution in [1.29, 1.82) is 0 Å². The van der Waals surface area contributed by atoms with Gasteiger partial charge in [0.15, 0.2) is 5.52 Å². The van der Waals surface area contributed by atoms with Gasteiger partial charge in [0.1, 0.15) is 17.1 Å². The summed E-state index contributed by atoms with van der Waals surface area (Å²) in [4.78, 5) is 20.7. The maximum absolute atomic E-state index is 13.4. The zero-order chi connectivity index (χ0) is 25.6. The number of nitrogens with zero attached hydrogens (tertiary/aromatic N) is 4. The van der Waals surface area contributed by atoms with E-state index in [1.807, 2.05) is 13.8 Å². The van der Waals surface area contributed by atoms with Gasteiger partial charge in [-0.05, 0) is 56.2 Å². The van der Waals surface area contributed by atoms with Gasteiger partial charge in [-0.3, -0.25) is 9.48 Å².